The van der Waals surface area contributed by atoms with Crippen LogP contribution in [-0.2, 0) is 6.42 Å². The van der Waals surface area contributed by atoms with Crippen LogP contribution >= 0.6 is 11.3 Å². The summed E-state index contributed by atoms with van der Waals surface area (Å²) >= 11 is 1.80. The molecule has 2 N–H and O–H groups in total. The van der Waals surface area contributed by atoms with Crippen LogP contribution in [0, 0.1) is 0 Å². The Bertz CT molecular complexity index is 781. The third-order valence-electron chi connectivity index (χ3n) is 3.88. The van der Waals surface area contributed by atoms with Crippen LogP contribution in [0.25, 0.3) is 10.9 Å². The topological polar surface area (TPSA) is 45.1 Å². The van der Waals surface area contributed by atoms with Gasteiger partial charge in [0.25, 0.3) is 0 Å². The molecule has 2 aromatic heterocycles. The summed E-state index contributed by atoms with van der Waals surface area (Å²) in [5.41, 5.74) is 2.87. The van der Waals surface area contributed by atoms with E-state index in [4.69, 9.17) is 0 Å². The summed E-state index contributed by atoms with van der Waals surface area (Å²) in [6.45, 7) is 0.942. The molecule has 1 unspecified atom stereocenters. The van der Waals surface area contributed by atoms with E-state index in [9.17, 15) is 5.11 Å². The van der Waals surface area contributed by atoms with Gasteiger partial charge < -0.3 is 10.4 Å². The monoisotopic (exact) mass is 282 g/mol. The molecule has 0 saturated heterocycles. The van der Waals surface area contributed by atoms with Crippen molar-refractivity contribution in [3.63, 3.8) is 0 Å². The van der Waals surface area contributed by atoms with Crippen LogP contribution in [0.5, 0.6) is 5.75 Å². The van der Waals surface area contributed by atoms with Crippen molar-refractivity contribution in [3.05, 3.63) is 57.9 Å². The molecule has 20 heavy (non-hydrogen) atoms. The molecule has 0 aliphatic carbocycles. The number of hydrogen-bond acceptors (Lipinski definition) is 4. The number of benzene rings is 1. The van der Waals surface area contributed by atoms with E-state index in [1.165, 1.54) is 10.4 Å². The van der Waals surface area contributed by atoms with Gasteiger partial charge in [0.2, 0.25) is 0 Å². The van der Waals surface area contributed by atoms with Gasteiger partial charge in [0.1, 0.15) is 11.3 Å². The quantitative estimate of drug-likeness (QED) is 0.720. The van der Waals surface area contributed by atoms with E-state index in [0.29, 0.717) is 11.3 Å². The lowest BCUT2D eigenvalue weighted by molar-refractivity contribution is 0.459. The van der Waals surface area contributed by atoms with E-state index < -0.39 is 0 Å². The molecule has 0 spiro atoms. The molecule has 1 aromatic carbocycles. The van der Waals surface area contributed by atoms with Gasteiger partial charge in [0.05, 0.1) is 6.04 Å². The van der Waals surface area contributed by atoms with Crippen LogP contribution in [0.4, 0.5) is 0 Å². The Morgan fingerprint density at radius 3 is 3.10 bits per heavy atom. The maximum Gasteiger partial charge on any atom is 0.146 e. The van der Waals surface area contributed by atoms with Gasteiger partial charge in [-0.3, -0.25) is 4.98 Å². The van der Waals surface area contributed by atoms with E-state index in [0.717, 1.165) is 23.9 Å². The Labute approximate surface area is 120 Å². The van der Waals surface area contributed by atoms with Gasteiger partial charge in [-0.05, 0) is 29.5 Å². The molecule has 1 atom stereocenters. The lowest BCUT2D eigenvalue weighted by atomic mass is 9.94. The maximum atomic E-state index is 10.6. The third kappa shape index (κ3) is 1.72. The summed E-state index contributed by atoms with van der Waals surface area (Å²) in [6, 6.07) is 10.1. The molecule has 0 bridgehead atoms. The summed E-state index contributed by atoms with van der Waals surface area (Å²) in [5.74, 6) is 0.291. The van der Waals surface area contributed by atoms with Gasteiger partial charge in [-0.1, -0.05) is 18.2 Å². The molecule has 3 nitrogen and oxygen atoms in total. The van der Waals surface area contributed by atoms with Crippen LogP contribution in [-0.4, -0.2) is 16.6 Å². The average Bonchev–Trinajstić information content (AvgIpc) is 2.97. The van der Waals surface area contributed by atoms with Gasteiger partial charge in [0.15, 0.2) is 0 Å². The Hall–Kier alpha value is -1.91. The highest BCUT2D eigenvalue weighted by molar-refractivity contribution is 7.10. The predicted octanol–water partition coefficient (Wildman–Crippen LogP) is 3.24. The molecule has 4 rings (SSSR count). The van der Waals surface area contributed by atoms with E-state index in [-0.39, 0.29) is 6.04 Å². The van der Waals surface area contributed by atoms with Crippen molar-refractivity contribution < 1.29 is 5.11 Å². The largest absolute Gasteiger partial charge is 0.505 e. The van der Waals surface area contributed by atoms with E-state index >= 15 is 0 Å². The summed E-state index contributed by atoms with van der Waals surface area (Å²) in [7, 11) is 0. The van der Waals surface area contributed by atoms with Crippen molar-refractivity contribution >= 4 is 22.2 Å². The van der Waals surface area contributed by atoms with Crippen LogP contribution in [0.2, 0.25) is 0 Å². The summed E-state index contributed by atoms with van der Waals surface area (Å²) in [4.78, 5) is 5.72. The van der Waals surface area contributed by atoms with E-state index in [1.807, 2.05) is 24.3 Å². The summed E-state index contributed by atoms with van der Waals surface area (Å²) < 4.78 is 0. The number of aromatic hydroxyl groups is 1. The smallest absolute Gasteiger partial charge is 0.146 e. The maximum absolute atomic E-state index is 10.6. The molecule has 0 amide bonds. The Morgan fingerprint density at radius 1 is 1.20 bits per heavy atom. The number of rotatable bonds is 1. The first-order valence-corrected chi connectivity index (χ1v) is 7.59. The second-order valence-corrected chi connectivity index (χ2v) is 6.02. The van der Waals surface area contributed by atoms with Gasteiger partial charge in [-0.15, -0.1) is 11.3 Å². The number of fused-ring (bicyclic) bond motifs is 2. The second kappa shape index (κ2) is 4.58. The molecule has 0 saturated carbocycles. The first-order valence-electron chi connectivity index (χ1n) is 6.71. The number of phenols is 1. The molecular weight excluding hydrogens is 268 g/mol. The minimum atomic E-state index is 0.0661. The standard InChI is InChI=1S/C16H14N2OS/c19-16-12(4-3-10-2-1-7-17-14(10)16)15-11-6-9-20-13(11)5-8-18-15/h1-4,6-7,9,15,18-19H,5,8H2. The number of hydrogen-bond donors (Lipinski definition) is 2. The molecular formula is C16H14N2OS. The van der Waals surface area contributed by atoms with Crippen LogP contribution in [0.1, 0.15) is 22.0 Å². The number of phenolic OH excluding ortho intramolecular Hbond substituents is 1. The zero-order valence-electron chi connectivity index (χ0n) is 10.8. The van der Waals surface area contributed by atoms with Crippen molar-refractivity contribution in [1.29, 1.82) is 0 Å². The number of nitrogens with zero attached hydrogens (tertiary/aromatic N) is 1. The lowest BCUT2D eigenvalue weighted by Gasteiger charge is -2.25. The van der Waals surface area contributed by atoms with E-state index in [1.54, 1.807) is 17.5 Å². The van der Waals surface area contributed by atoms with Crippen LogP contribution < -0.4 is 5.32 Å². The third-order valence-corrected chi connectivity index (χ3v) is 4.88. The molecule has 3 heterocycles. The lowest BCUT2D eigenvalue weighted by Crippen LogP contribution is -2.29. The molecule has 3 aromatic rings. The number of aromatic nitrogens is 1. The molecule has 100 valence electrons. The SMILES string of the molecule is Oc1c(C2NCCc3sccc32)ccc2cccnc12. The normalized spacial score (nSPS) is 18.1. The fourth-order valence-corrected chi connectivity index (χ4v) is 3.83. The Balaban J connectivity index is 1.90. The summed E-state index contributed by atoms with van der Waals surface area (Å²) in [5, 5.41) is 17.2. The van der Waals surface area contributed by atoms with Crippen molar-refractivity contribution in [2.45, 2.75) is 12.5 Å². The van der Waals surface area contributed by atoms with E-state index in [2.05, 4.69) is 21.7 Å². The highest BCUT2D eigenvalue weighted by Crippen LogP contribution is 2.38. The zero-order valence-corrected chi connectivity index (χ0v) is 11.7. The van der Waals surface area contributed by atoms with Crippen molar-refractivity contribution in [3.8, 4) is 5.75 Å². The first kappa shape index (κ1) is 11.9. The minimum absolute atomic E-state index is 0.0661. The predicted molar refractivity (Wildman–Crippen MR) is 81.3 cm³/mol. The van der Waals surface area contributed by atoms with Crippen molar-refractivity contribution in [2.24, 2.45) is 0 Å². The van der Waals surface area contributed by atoms with Crippen LogP contribution in [0.15, 0.2) is 41.9 Å². The van der Waals surface area contributed by atoms with Crippen molar-refractivity contribution in [2.75, 3.05) is 6.54 Å². The molecule has 0 radical (unpaired) electrons. The highest BCUT2D eigenvalue weighted by atomic mass is 32.1. The molecule has 1 aliphatic rings. The fraction of sp³-hybridized carbons (Fsp3) is 0.188. The van der Waals surface area contributed by atoms with Gasteiger partial charge in [0, 0.05) is 28.6 Å². The Morgan fingerprint density at radius 2 is 2.15 bits per heavy atom. The van der Waals surface area contributed by atoms with Gasteiger partial charge in [-0.25, -0.2) is 0 Å². The fourth-order valence-electron chi connectivity index (χ4n) is 2.91. The second-order valence-electron chi connectivity index (χ2n) is 5.01. The number of pyridine rings is 1. The minimum Gasteiger partial charge on any atom is -0.505 e. The highest BCUT2D eigenvalue weighted by Gasteiger charge is 2.25. The number of thiophene rings is 1. The van der Waals surface area contributed by atoms with Crippen LogP contribution in [0.3, 0.4) is 0 Å². The molecule has 0 fully saturated rings. The first-order chi connectivity index (χ1) is 9.84. The van der Waals surface area contributed by atoms with Gasteiger partial charge in [-0.2, -0.15) is 0 Å². The zero-order chi connectivity index (χ0) is 13.5. The molecule has 4 heteroatoms. The average molecular weight is 282 g/mol. The molecule has 1 aliphatic heterocycles. The number of nitrogens with one attached hydrogen (secondary N) is 1. The Kier molecular flexibility index (Phi) is 2.72. The van der Waals surface area contributed by atoms with Crippen molar-refractivity contribution in [1.82, 2.24) is 10.3 Å². The summed E-state index contributed by atoms with van der Waals surface area (Å²) in [6.07, 6.45) is 2.78. The van der Waals surface area contributed by atoms with Gasteiger partial charge >= 0.3 is 0 Å².